The number of hydrogen-bond acceptors (Lipinski definition) is 4. The van der Waals surface area contributed by atoms with Crippen molar-refractivity contribution in [2.24, 2.45) is 0 Å². The Morgan fingerprint density at radius 2 is 1.95 bits per heavy atom. The number of nitro benzene ring substituents is 1. The predicted molar refractivity (Wildman–Crippen MR) is 83.7 cm³/mol. The summed E-state index contributed by atoms with van der Waals surface area (Å²) in [4.78, 5) is 11.7. The van der Waals surface area contributed by atoms with Crippen LogP contribution in [0, 0.1) is 10.1 Å². The van der Waals surface area contributed by atoms with Crippen molar-refractivity contribution in [2.45, 2.75) is 11.4 Å². The van der Waals surface area contributed by atoms with Crippen LogP contribution in [0.5, 0.6) is 0 Å². The van der Waals surface area contributed by atoms with Crippen LogP contribution >= 0.6 is 23.4 Å². The lowest BCUT2D eigenvalue weighted by molar-refractivity contribution is -0.385. The molecule has 2 aromatic carbocycles. The Balaban J connectivity index is 2.13. The molecule has 0 saturated heterocycles. The van der Waals surface area contributed by atoms with E-state index in [0.717, 1.165) is 5.69 Å². The Labute approximate surface area is 126 Å². The first-order chi connectivity index (χ1) is 9.60. The molecular weight excluding hydrogens is 296 g/mol. The zero-order valence-electron chi connectivity index (χ0n) is 10.8. The molecule has 0 heterocycles. The number of rotatable bonds is 5. The molecular formula is C14H13ClN2O2S. The van der Waals surface area contributed by atoms with Gasteiger partial charge in [-0.25, -0.2) is 0 Å². The van der Waals surface area contributed by atoms with Gasteiger partial charge in [0.25, 0.3) is 5.69 Å². The highest BCUT2D eigenvalue weighted by Crippen LogP contribution is 2.24. The van der Waals surface area contributed by atoms with E-state index in [9.17, 15) is 10.1 Å². The van der Waals surface area contributed by atoms with Crippen LogP contribution in [-0.4, -0.2) is 11.2 Å². The van der Waals surface area contributed by atoms with E-state index >= 15 is 0 Å². The fraction of sp³-hybridized carbons (Fsp3) is 0.143. The SMILES string of the molecule is CSc1ccc(NCc2cc(Cl)ccc2[N+](=O)[O-])cc1. The predicted octanol–water partition coefficient (Wildman–Crippen LogP) is 4.58. The molecule has 0 aliphatic rings. The Hall–Kier alpha value is -1.72. The number of halogens is 1. The summed E-state index contributed by atoms with van der Waals surface area (Å²) < 4.78 is 0. The van der Waals surface area contributed by atoms with Gasteiger partial charge in [0.15, 0.2) is 0 Å². The largest absolute Gasteiger partial charge is 0.381 e. The van der Waals surface area contributed by atoms with E-state index in [-0.39, 0.29) is 5.69 Å². The molecule has 0 spiro atoms. The molecule has 4 nitrogen and oxygen atoms in total. The van der Waals surface area contributed by atoms with Crippen LogP contribution in [0.4, 0.5) is 11.4 Å². The van der Waals surface area contributed by atoms with Gasteiger partial charge >= 0.3 is 0 Å². The Morgan fingerprint density at radius 3 is 2.55 bits per heavy atom. The molecule has 0 aromatic heterocycles. The van der Waals surface area contributed by atoms with Gasteiger partial charge < -0.3 is 5.32 Å². The van der Waals surface area contributed by atoms with Crippen LogP contribution in [0.3, 0.4) is 0 Å². The lowest BCUT2D eigenvalue weighted by atomic mass is 10.1. The van der Waals surface area contributed by atoms with Crippen LogP contribution in [0.2, 0.25) is 5.02 Å². The molecule has 0 atom stereocenters. The summed E-state index contributed by atoms with van der Waals surface area (Å²) in [7, 11) is 0. The molecule has 0 bridgehead atoms. The first-order valence-electron chi connectivity index (χ1n) is 5.91. The second-order valence-corrected chi connectivity index (χ2v) is 5.43. The van der Waals surface area contributed by atoms with Crippen molar-refractivity contribution in [1.82, 2.24) is 0 Å². The number of anilines is 1. The van der Waals surface area contributed by atoms with E-state index < -0.39 is 4.92 Å². The van der Waals surface area contributed by atoms with Crippen molar-refractivity contribution >= 4 is 34.7 Å². The summed E-state index contributed by atoms with van der Waals surface area (Å²) in [5.41, 5.74) is 1.55. The quantitative estimate of drug-likeness (QED) is 0.499. The minimum atomic E-state index is -0.399. The van der Waals surface area contributed by atoms with Crippen molar-refractivity contribution < 1.29 is 4.92 Å². The lowest BCUT2D eigenvalue weighted by Crippen LogP contribution is -2.03. The number of nitrogens with zero attached hydrogens (tertiary/aromatic N) is 1. The van der Waals surface area contributed by atoms with Gasteiger partial charge in [-0.15, -0.1) is 11.8 Å². The smallest absolute Gasteiger partial charge is 0.274 e. The first kappa shape index (κ1) is 14.7. The highest BCUT2D eigenvalue weighted by Gasteiger charge is 2.13. The summed E-state index contributed by atoms with van der Waals surface area (Å²) in [6, 6.07) is 12.5. The van der Waals surface area contributed by atoms with Crippen LogP contribution in [-0.2, 0) is 6.54 Å². The highest BCUT2D eigenvalue weighted by molar-refractivity contribution is 7.98. The molecule has 2 aromatic rings. The van der Waals surface area contributed by atoms with Crippen LogP contribution in [0.15, 0.2) is 47.4 Å². The van der Waals surface area contributed by atoms with Crippen LogP contribution in [0.25, 0.3) is 0 Å². The number of benzene rings is 2. The van der Waals surface area contributed by atoms with Gasteiger partial charge in [-0.2, -0.15) is 0 Å². The minimum absolute atomic E-state index is 0.0719. The van der Waals surface area contributed by atoms with E-state index in [2.05, 4.69) is 5.32 Å². The van der Waals surface area contributed by atoms with E-state index in [4.69, 9.17) is 11.6 Å². The first-order valence-corrected chi connectivity index (χ1v) is 7.51. The van der Waals surface area contributed by atoms with Crippen LogP contribution < -0.4 is 5.32 Å². The van der Waals surface area contributed by atoms with E-state index in [1.807, 2.05) is 30.5 Å². The van der Waals surface area contributed by atoms with Crippen molar-refractivity contribution in [1.29, 1.82) is 0 Å². The second-order valence-electron chi connectivity index (χ2n) is 4.11. The Bertz CT molecular complexity index is 617. The molecule has 1 N–H and O–H groups in total. The lowest BCUT2D eigenvalue weighted by Gasteiger charge is -2.08. The second kappa shape index (κ2) is 6.63. The van der Waals surface area contributed by atoms with Crippen molar-refractivity contribution in [3.63, 3.8) is 0 Å². The molecule has 0 fully saturated rings. The number of thioether (sulfide) groups is 1. The zero-order chi connectivity index (χ0) is 14.5. The molecule has 2 rings (SSSR count). The third-order valence-corrected chi connectivity index (χ3v) is 3.79. The summed E-state index contributed by atoms with van der Waals surface area (Å²) in [5, 5.41) is 14.6. The molecule has 20 heavy (non-hydrogen) atoms. The van der Waals surface area contributed by atoms with Gasteiger partial charge in [-0.05, 0) is 42.7 Å². The molecule has 0 saturated carbocycles. The third kappa shape index (κ3) is 3.65. The van der Waals surface area contributed by atoms with Crippen LogP contribution in [0.1, 0.15) is 5.56 Å². The maximum Gasteiger partial charge on any atom is 0.274 e. The fourth-order valence-corrected chi connectivity index (χ4v) is 2.38. The van der Waals surface area contributed by atoms with Crippen molar-refractivity contribution in [3.05, 3.63) is 63.2 Å². The van der Waals surface area contributed by atoms with Gasteiger partial charge in [-0.3, -0.25) is 10.1 Å². The molecule has 6 heteroatoms. The normalized spacial score (nSPS) is 10.3. The Kier molecular flexibility index (Phi) is 4.87. The molecule has 0 radical (unpaired) electrons. The molecule has 0 amide bonds. The molecule has 104 valence electrons. The van der Waals surface area contributed by atoms with Gasteiger partial charge in [-0.1, -0.05) is 11.6 Å². The van der Waals surface area contributed by atoms with E-state index in [1.54, 1.807) is 17.8 Å². The Morgan fingerprint density at radius 1 is 1.25 bits per heavy atom. The summed E-state index contributed by atoms with van der Waals surface area (Å²) in [6.07, 6.45) is 2.01. The monoisotopic (exact) mass is 308 g/mol. The van der Waals surface area contributed by atoms with Gasteiger partial charge in [0.05, 0.1) is 10.5 Å². The molecule has 0 aliphatic heterocycles. The minimum Gasteiger partial charge on any atom is -0.381 e. The van der Waals surface area contributed by atoms with E-state index in [0.29, 0.717) is 17.1 Å². The fourth-order valence-electron chi connectivity index (χ4n) is 1.78. The molecule has 0 unspecified atom stereocenters. The number of hydrogen-bond donors (Lipinski definition) is 1. The van der Waals surface area contributed by atoms with E-state index in [1.165, 1.54) is 17.0 Å². The third-order valence-electron chi connectivity index (χ3n) is 2.81. The standard InChI is InChI=1S/C14H13ClN2O2S/c1-20-13-5-3-12(4-6-13)16-9-10-8-11(15)2-7-14(10)17(18)19/h2-8,16H,9H2,1H3. The average molecular weight is 309 g/mol. The molecule has 0 aliphatic carbocycles. The zero-order valence-corrected chi connectivity index (χ0v) is 12.4. The van der Waals surface area contributed by atoms with Gasteiger partial charge in [0.2, 0.25) is 0 Å². The van der Waals surface area contributed by atoms with Crippen molar-refractivity contribution in [2.75, 3.05) is 11.6 Å². The summed E-state index contributed by atoms with van der Waals surface area (Å²) in [5.74, 6) is 0. The maximum atomic E-state index is 11.0. The summed E-state index contributed by atoms with van der Waals surface area (Å²) >= 11 is 7.56. The maximum absolute atomic E-state index is 11.0. The average Bonchev–Trinajstić information content (AvgIpc) is 2.45. The van der Waals surface area contributed by atoms with Gasteiger partial charge in [0, 0.05) is 28.2 Å². The number of nitrogens with one attached hydrogen (secondary N) is 1. The highest BCUT2D eigenvalue weighted by atomic mass is 35.5. The summed E-state index contributed by atoms with van der Waals surface area (Å²) in [6.45, 7) is 0.357. The van der Waals surface area contributed by atoms with Gasteiger partial charge in [0.1, 0.15) is 0 Å². The number of nitro groups is 1. The topological polar surface area (TPSA) is 55.2 Å². The van der Waals surface area contributed by atoms with Crippen molar-refractivity contribution in [3.8, 4) is 0 Å².